The number of hydrogen-bond acceptors (Lipinski definition) is 1. The van der Waals surface area contributed by atoms with Crippen molar-refractivity contribution in [3.8, 4) is 44.5 Å². The highest BCUT2D eigenvalue weighted by Crippen LogP contribution is 2.48. The Labute approximate surface area is 298 Å². The average molecular weight is 633 g/mol. The van der Waals surface area contributed by atoms with Crippen LogP contribution in [0.25, 0.3) is 98.8 Å². The van der Waals surface area contributed by atoms with Gasteiger partial charge in [0.15, 0.2) is 0 Å². The van der Waals surface area contributed by atoms with Gasteiger partial charge in [0.05, 0.1) is 13.7 Å². The fraction of sp³-hybridized carbons (Fsp3) is 0. The van der Waals surface area contributed by atoms with Gasteiger partial charge in [-0.25, -0.2) is 0 Å². The van der Waals surface area contributed by atoms with Crippen LogP contribution >= 0.6 is 0 Å². The Morgan fingerprint density at radius 1 is 0.388 bits per heavy atom. The zero-order valence-corrected chi connectivity index (χ0v) is 26.0. The van der Waals surface area contributed by atoms with E-state index in [9.17, 15) is 0 Å². The Hall–Kier alpha value is -6.44. The standard InChI is InChI=1S/C48H30O/c1-3-12-31(13-4-1)33-22-24-35(25-23-33)45-38-18-9-10-19-39(38)46(40-28-27-36(30-43(40)45)32-14-5-2-6-15-32)41-20-11-21-44-47(41)42-29-26-34-16-7-8-17-37(34)48(42)49-44/h1-30H/i1D,2D,3D,4D,5D,6D,12D,13D,14D,15D. The van der Waals surface area contributed by atoms with Crippen molar-refractivity contribution in [3.05, 3.63) is 182 Å². The molecular formula is C48H30O. The summed E-state index contributed by atoms with van der Waals surface area (Å²) in [6.45, 7) is 0. The summed E-state index contributed by atoms with van der Waals surface area (Å²) in [6, 6.07) is 35.5. The predicted octanol–water partition coefficient (Wildman–Crippen LogP) is 13.7. The molecule has 0 atom stereocenters. The smallest absolute Gasteiger partial charge is 0.143 e. The van der Waals surface area contributed by atoms with E-state index in [2.05, 4.69) is 36.4 Å². The van der Waals surface area contributed by atoms with Crippen molar-refractivity contribution in [1.29, 1.82) is 0 Å². The zero-order chi connectivity index (χ0) is 41.0. The highest BCUT2D eigenvalue weighted by molar-refractivity contribution is 6.27. The second-order valence-corrected chi connectivity index (χ2v) is 12.1. The van der Waals surface area contributed by atoms with Gasteiger partial charge in [-0.1, -0.05) is 164 Å². The van der Waals surface area contributed by atoms with Crippen molar-refractivity contribution in [2.45, 2.75) is 0 Å². The summed E-state index contributed by atoms with van der Waals surface area (Å²) in [5, 5.41) is 7.44. The maximum absolute atomic E-state index is 8.84. The fourth-order valence-corrected chi connectivity index (χ4v) is 7.29. The van der Waals surface area contributed by atoms with Crippen LogP contribution in [0.1, 0.15) is 13.7 Å². The zero-order valence-electron chi connectivity index (χ0n) is 36.0. The highest BCUT2D eigenvalue weighted by Gasteiger charge is 2.21. The molecule has 0 radical (unpaired) electrons. The molecule has 9 aromatic carbocycles. The Bertz CT molecular complexity index is 3390. The van der Waals surface area contributed by atoms with Crippen molar-refractivity contribution in [2.75, 3.05) is 0 Å². The molecule has 0 amide bonds. The Kier molecular flexibility index (Phi) is 4.39. The minimum absolute atomic E-state index is 0.0879. The van der Waals surface area contributed by atoms with E-state index in [1.807, 2.05) is 66.7 Å². The quantitative estimate of drug-likeness (QED) is 0.176. The monoisotopic (exact) mass is 632 g/mol. The van der Waals surface area contributed by atoms with E-state index in [0.29, 0.717) is 11.1 Å². The summed E-state index contributed by atoms with van der Waals surface area (Å²) < 4.78 is 91.1. The lowest BCUT2D eigenvalue weighted by Crippen LogP contribution is -1.92. The molecule has 0 spiro atoms. The maximum Gasteiger partial charge on any atom is 0.143 e. The largest absolute Gasteiger partial charge is 0.455 e. The second kappa shape index (κ2) is 11.1. The minimum Gasteiger partial charge on any atom is -0.455 e. The third kappa shape index (κ3) is 4.40. The lowest BCUT2D eigenvalue weighted by molar-refractivity contribution is 0.673. The maximum atomic E-state index is 8.84. The van der Waals surface area contributed by atoms with Crippen LogP contribution < -0.4 is 0 Å². The Morgan fingerprint density at radius 3 is 1.73 bits per heavy atom. The normalized spacial score (nSPS) is 14.5. The summed E-state index contributed by atoms with van der Waals surface area (Å²) in [7, 11) is 0. The van der Waals surface area contributed by atoms with Gasteiger partial charge in [0.25, 0.3) is 0 Å². The number of furan rings is 1. The van der Waals surface area contributed by atoms with Gasteiger partial charge >= 0.3 is 0 Å². The van der Waals surface area contributed by atoms with Crippen LogP contribution in [0.3, 0.4) is 0 Å². The number of benzene rings is 9. The summed E-state index contributed by atoms with van der Waals surface area (Å²) in [6.07, 6.45) is 0. The fourth-order valence-electron chi connectivity index (χ4n) is 7.29. The molecule has 0 aliphatic rings. The van der Waals surface area contributed by atoms with Crippen LogP contribution in [0.5, 0.6) is 0 Å². The molecule has 1 heteroatoms. The Balaban J connectivity index is 1.31. The van der Waals surface area contributed by atoms with E-state index in [0.717, 1.165) is 76.5 Å². The van der Waals surface area contributed by atoms with E-state index in [1.54, 1.807) is 18.2 Å². The molecule has 0 unspecified atom stereocenters. The van der Waals surface area contributed by atoms with Crippen LogP contribution in [0.15, 0.2) is 186 Å². The second-order valence-electron chi connectivity index (χ2n) is 12.1. The molecule has 1 nitrogen and oxygen atoms in total. The minimum atomic E-state index is -0.467. The van der Waals surface area contributed by atoms with E-state index in [1.165, 1.54) is 0 Å². The molecule has 1 aromatic heterocycles. The first-order chi connectivity index (χ1) is 28.5. The van der Waals surface area contributed by atoms with Gasteiger partial charge < -0.3 is 4.42 Å². The molecular weight excluding hydrogens is 593 g/mol. The van der Waals surface area contributed by atoms with Crippen LogP contribution in [0.4, 0.5) is 0 Å². The van der Waals surface area contributed by atoms with E-state index < -0.39 is 36.3 Å². The highest BCUT2D eigenvalue weighted by atomic mass is 16.3. The van der Waals surface area contributed by atoms with Gasteiger partial charge in [-0.3, -0.25) is 0 Å². The summed E-state index contributed by atoms with van der Waals surface area (Å²) in [5.41, 5.74) is 6.08. The molecule has 49 heavy (non-hydrogen) atoms. The van der Waals surface area contributed by atoms with E-state index in [-0.39, 0.29) is 35.3 Å². The van der Waals surface area contributed by atoms with Gasteiger partial charge in [-0.2, -0.15) is 0 Å². The first kappa shape index (κ1) is 19.4. The number of hydrogen-bond donors (Lipinski definition) is 0. The van der Waals surface area contributed by atoms with E-state index >= 15 is 0 Å². The van der Waals surface area contributed by atoms with Crippen LogP contribution in [-0.2, 0) is 0 Å². The third-order valence-electron chi connectivity index (χ3n) is 9.43. The molecule has 10 aromatic rings. The van der Waals surface area contributed by atoms with Crippen LogP contribution in [-0.4, -0.2) is 0 Å². The van der Waals surface area contributed by atoms with Crippen molar-refractivity contribution in [3.63, 3.8) is 0 Å². The lowest BCUT2D eigenvalue weighted by atomic mass is 9.83. The molecule has 0 saturated carbocycles. The molecule has 0 N–H and O–H groups in total. The van der Waals surface area contributed by atoms with Crippen molar-refractivity contribution in [2.24, 2.45) is 0 Å². The SMILES string of the molecule is [2H]c1c([2H])c([2H])c(-c2ccc(-c3c4ccccc4c(-c4cccc5oc6c7ccccc7ccc6c45)c4ccc(-c5c([2H])c([2H])c([2H])c([2H])c5[2H])cc34)cc2)c([2H])c1[2H]. The molecule has 0 aliphatic heterocycles. The van der Waals surface area contributed by atoms with Gasteiger partial charge in [0.2, 0.25) is 0 Å². The molecule has 228 valence electrons. The van der Waals surface area contributed by atoms with E-state index in [4.69, 9.17) is 18.1 Å². The number of rotatable bonds is 4. The van der Waals surface area contributed by atoms with Crippen LogP contribution in [0, 0.1) is 0 Å². The average Bonchev–Trinajstić information content (AvgIpc) is 3.66. The topological polar surface area (TPSA) is 13.1 Å². The van der Waals surface area contributed by atoms with Gasteiger partial charge in [0, 0.05) is 16.2 Å². The van der Waals surface area contributed by atoms with Crippen molar-refractivity contribution in [1.82, 2.24) is 0 Å². The van der Waals surface area contributed by atoms with Crippen molar-refractivity contribution < 1.29 is 18.1 Å². The predicted molar refractivity (Wildman–Crippen MR) is 208 cm³/mol. The molecule has 0 aliphatic carbocycles. The number of fused-ring (bicyclic) bond motifs is 7. The van der Waals surface area contributed by atoms with Crippen LogP contribution in [0.2, 0.25) is 0 Å². The first-order valence-electron chi connectivity index (χ1n) is 21.0. The third-order valence-corrected chi connectivity index (χ3v) is 9.43. The van der Waals surface area contributed by atoms with Crippen molar-refractivity contribution >= 4 is 54.3 Å². The Morgan fingerprint density at radius 2 is 0.980 bits per heavy atom. The molecule has 10 rings (SSSR count). The first-order valence-corrected chi connectivity index (χ1v) is 16.0. The molecule has 0 fully saturated rings. The summed E-state index contributed by atoms with van der Waals surface area (Å²) in [4.78, 5) is 0. The molecule has 0 saturated heterocycles. The molecule has 1 heterocycles. The lowest BCUT2D eigenvalue weighted by Gasteiger charge is -2.19. The summed E-state index contributed by atoms with van der Waals surface area (Å²) >= 11 is 0. The van der Waals surface area contributed by atoms with Gasteiger partial charge in [0.1, 0.15) is 11.2 Å². The van der Waals surface area contributed by atoms with Gasteiger partial charge in [-0.15, -0.1) is 0 Å². The van der Waals surface area contributed by atoms with Gasteiger partial charge in [-0.05, 0) is 89.6 Å². The summed E-state index contributed by atoms with van der Waals surface area (Å²) in [5.74, 6) is 0. The molecule has 0 bridgehead atoms.